The zero-order chi connectivity index (χ0) is 43.3. The van der Waals surface area contributed by atoms with Crippen molar-refractivity contribution in [2.45, 2.75) is 69.2 Å². The topological polar surface area (TPSA) is 212 Å². The molecule has 1 aromatic heterocycles. The van der Waals surface area contributed by atoms with Gasteiger partial charge in [0.1, 0.15) is 30.2 Å². The molecule has 5 aromatic rings. The number of carbonyl (C=O) groups is 7. The molecule has 6 amide bonds. The lowest BCUT2D eigenvalue weighted by atomic mass is 9.99. The fraction of sp³-hybridized carbons (Fsp3) is 0.239. The standard InChI is InChI=1S/C46H46N6O8S/c1-28(53)47-39-27-41(54)49-38(26-35-13-8-22-61-35)45(58)51-37(24-30-14-18-33(19-15-30)32-11-6-3-7-12-32)43(56)50-36(23-29-9-4-2-5-10-29)44(57)52-40(46(59)60)25-31-16-20-34(21-17-31)48-42(39)55/h2-22,36-40H,23-27H2,1H3,(H,47,53)(H,48,55)(H,49,54)(H,50,56)(H,51,58)(H,52,57)(H,59,60)/t36-,37+,38-,39-,40+/m1/s1. The number of carboxylic acids is 1. The van der Waals surface area contributed by atoms with Crippen LogP contribution in [0, 0.1) is 0 Å². The molecule has 61 heavy (non-hydrogen) atoms. The summed E-state index contributed by atoms with van der Waals surface area (Å²) >= 11 is 1.36. The maximum absolute atomic E-state index is 14.5. The van der Waals surface area contributed by atoms with Crippen molar-refractivity contribution in [2.75, 3.05) is 5.32 Å². The van der Waals surface area contributed by atoms with Gasteiger partial charge in [0, 0.05) is 43.2 Å². The molecule has 14 nitrogen and oxygen atoms in total. The van der Waals surface area contributed by atoms with Crippen molar-refractivity contribution >= 4 is 58.4 Å². The van der Waals surface area contributed by atoms with Crippen LogP contribution in [-0.2, 0) is 59.2 Å². The summed E-state index contributed by atoms with van der Waals surface area (Å²) in [6.07, 6.45) is -0.652. The summed E-state index contributed by atoms with van der Waals surface area (Å²) < 4.78 is 0. The van der Waals surface area contributed by atoms with Crippen LogP contribution >= 0.6 is 11.3 Å². The Bertz CT molecular complexity index is 2320. The quantitative estimate of drug-likeness (QED) is 0.109. The first kappa shape index (κ1) is 43.4. The van der Waals surface area contributed by atoms with E-state index in [2.05, 4.69) is 31.9 Å². The van der Waals surface area contributed by atoms with Gasteiger partial charge in [-0.1, -0.05) is 103 Å². The van der Waals surface area contributed by atoms with Crippen LogP contribution in [0.4, 0.5) is 5.69 Å². The van der Waals surface area contributed by atoms with Gasteiger partial charge in [-0.3, -0.25) is 28.8 Å². The fourth-order valence-electron chi connectivity index (χ4n) is 6.91. The summed E-state index contributed by atoms with van der Waals surface area (Å²) in [6.45, 7) is 1.20. The van der Waals surface area contributed by atoms with E-state index in [4.69, 9.17) is 0 Å². The van der Waals surface area contributed by atoms with Crippen molar-refractivity contribution in [3.8, 4) is 11.1 Å². The van der Waals surface area contributed by atoms with Gasteiger partial charge in [-0.05, 0) is 51.4 Å². The number of carboxylic acid groups (broad SMARTS) is 1. The molecular weight excluding hydrogens is 797 g/mol. The van der Waals surface area contributed by atoms with Crippen molar-refractivity contribution < 1.29 is 38.7 Å². The maximum Gasteiger partial charge on any atom is 0.326 e. The summed E-state index contributed by atoms with van der Waals surface area (Å²) in [5, 5.41) is 28.1. The highest BCUT2D eigenvalue weighted by atomic mass is 32.1. The molecule has 4 aromatic carbocycles. The predicted molar refractivity (Wildman–Crippen MR) is 230 cm³/mol. The van der Waals surface area contributed by atoms with E-state index in [1.807, 2.05) is 60.0 Å². The van der Waals surface area contributed by atoms with Crippen molar-refractivity contribution in [3.63, 3.8) is 0 Å². The first-order valence-electron chi connectivity index (χ1n) is 19.7. The summed E-state index contributed by atoms with van der Waals surface area (Å²) in [4.78, 5) is 95.5. The minimum atomic E-state index is -1.41. The van der Waals surface area contributed by atoms with E-state index in [-0.39, 0.29) is 25.7 Å². The third kappa shape index (κ3) is 12.7. The highest BCUT2D eigenvalue weighted by Crippen LogP contribution is 2.21. The van der Waals surface area contributed by atoms with Crippen LogP contribution in [0.25, 0.3) is 11.1 Å². The highest BCUT2D eigenvalue weighted by Gasteiger charge is 2.33. The molecule has 7 N–H and O–H groups in total. The molecule has 0 unspecified atom stereocenters. The van der Waals surface area contributed by atoms with E-state index in [1.54, 1.807) is 54.6 Å². The first-order valence-corrected chi connectivity index (χ1v) is 20.6. The van der Waals surface area contributed by atoms with Crippen LogP contribution in [0.1, 0.15) is 34.9 Å². The molecule has 0 fully saturated rings. The highest BCUT2D eigenvalue weighted by molar-refractivity contribution is 7.09. The monoisotopic (exact) mass is 842 g/mol. The smallest absolute Gasteiger partial charge is 0.326 e. The number of thiophene rings is 1. The van der Waals surface area contributed by atoms with Crippen molar-refractivity contribution in [1.29, 1.82) is 0 Å². The number of hydrogen-bond acceptors (Lipinski definition) is 8. The van der Waals surface area contributed by atoms with Crippen LogP contribution in [0.5, 0.6) is 0 Å². The number of anilines is 1. The molecule has 0 spiro atoms. The predicted octanol–water partition coefficient (Wildman–Crippen LogP) is 3.56. The largest absolute Gasteiger partial charge is 0.480 e. The zero-order valence-electron chi connectivity index (χ0n) is 33.3. The van der Waals surface area contributed by atoms with Crippen molar-refractivity contribution in [3.05, 3.63) is 148 Å². The number of rotatable bonds is 9. The second kappa shape index (κ2) is 20.7. The number of benzene rings is 4. The molecule has 0 radical (unpaired) electrons. The molecule has 3 heterocycles. The lowest BCUT2D eigenvalue weighted by Crippen LogP contribution is -2.59. The number of amides is 6. The normalized spacial score (nSPS) is 20.5. The Kier molecular flexibility index (Phi) is 14.8. The van der Waals surface area contributed by atoms with Crippen molar-refractivity contribution in [2.24, 2.45) is 0 Å². The maximum atomic E-state index is 14.5. The molecule has 0 aliphatic carbocycles. The number of hydrogen-bond donors (Lipinski definition) is 7. The summed E-state index contributed by atoms with van der Waals surface area (Å²) in [6, 6.07) is 29.3. The molecular formula is C46H46N6O8S. The Labute approximate surface area is 356 Å². The Morgan fingerprint density at radius 3 is 1.74 bits per heavy atom. The van der Waals surface area contributed by atoms with E-state index in [0.717, 1.165) is 16.0 Å². The third-order valence-electron chi connectivity index (χ3n) is 10.0. The van der Waals surface area contributed by atoms with Crippen LogP contribution in [0.3, 0.4) is 0 Å². The van der Waals surface area contributed by atoms with Crippen LogP contribution in [-0.4, -0.2) is 76.7 Å². The SMILES string of the molecule is CC(=O)N[C@@H]1CC(=O)N[C@H](Cc2cccs2)C(=O)N[C@@H](Cc2ccc(-c3ccccc3)cc2)C(=O)N[C@H](Cc2ccccc2)C(=O)N[C@H](C(=O)O)Cc2ccc(cc2)NC1=O. The third-order valence-corrected chi connectivity index (χ3v) is 10.9. The van der Waals surface area contributed by atoms with E-state index in [9.17, 15) is 38.7 Å². The van der Waals surface area contributed by atoms with Gasteiger partial charge in [0.2, 0.25) is 35.4 Å². The molecule has 314 valence electrons. The Balaban J connectivity index is 1.37. The van der Waals surface area contributed by atoms with Gasteiger partial charge >= 0.3 is 5.97 Å². The molecule has 2 bridgehead atoms. The molecule has 2 aliphatic rings. The molecule has 0 saturated heterocycles. The Morgan fingerprint density at radius 1 is 0.607 bits per heavy atom. The van der Waals surface area contributed by atoms with Crippen LogP contribution in [0.2, 0.25) is 0 Å². The second-order valence-electron chi connectivity index (χ2n) is 14.7. The lowest BCUT2D eigenvalue weighted by Gasteiger charge is -2.26. The van der Waals surface area contributed by atoms with E-state index >= 15 is 0 Å². The number of nitrogens with one attached hydrogen (secondary N) is 6. The van der Waals surface area contributed by atoms with Gasteiger partial charge in [0.25, 0.3) is 0 Å². The van der Waals surface area contributed by atoms with Gasteiger partial charge in [-0.2, -0.15) is 0 Å². The van der Waals surface area contributed by atoms with Gasteiger partial charge in [-0.25, -0.2) is 4.79 Å². The van der Waals surface area contributed by atoms with Gasteiger partial charge < -0.3 is 37.0 Å². The fourth-order valence-corrected chi connectivity index (χ4v) is 7.66. The van der Waals surface area contributed by atoms with E-state index < -0.39 is 78.0 Å². The summed E-state index contributed by atoms with van der Waals surface area (Å²) in [7, 11) is 0. The minimum absolute atomic E-state index is 0.00187. The van der Waals surface area contributed by atoms with Crippen LogP contribution < -0.4 is 31.9 Å². The molecule has 5 atom stereocenters. The molecule has 15 heteroatoms. The average molecular weight is 843 g/mol. The molecule has 7 rings (SSSR count). The Hall–Kier alpha value is -7.13. The van der Waals surface area contributed by atoms with Gasteiger partial charge in [0.15, 0.2) is 0 Å². The van der Waals surface area contributed by atoms with Crippen molar-refractivity contribution in [1.82, 2.24) is 26.6 Å². The zero-order valence-corrected chi connectivity index (χ0v) is 34.1. The minimum Gasteiger partial charge on any atom is -0.480 e. The van der Waals surface area contributed by atoms with Crippen LogP contribution in [0.15, 0.2) is 127 Å². The summed E-state index contributed by atoms with van der Waals surface area (Å²) in [5.74, 6) is -5.52. The number of fused-ring (bicyclic) bond motifs is 18. The second-order valence-corrected chi connectivity index (χ2v) is 15.8. The Morgan fingerprint density at radius 2 is 1.16 bits per heavy atom. The van der Waals surface area contributed by atoms with E-state index in [1.165, 1.54) is 30.4 Å². The summed E-state index contributed by atoms with van der Waals surface area (Å²) in [5.41, 5.74) is 4.08. The number of aliphatic carboxylic acids is 1. The number of carbonyl (C=O) groups excluding carboxylic acids is 6. The average Bonchev–Trinajstić information content (AvgIpc) is 3.76. The lowest BCUT2D eigenvalue weighted by molar-refractivity contribution is -0.142. The molecule has 0 saturated carbocycles. The molecule has 2 aliphatic heterocycles. The van der Waals surface area contributed by atoms with E-state index in [0.29, 0.717) is 22.4 Å². The van der Waals surface area contributed by atoms with Gasteiger partial charge in [0.05, 0.1) is 6.42 Å². The van der Waals surface area contributed by atoms with Gasteiger partial charge in [-0.15, -0.1) is 11.3 Å². The first-order chi connectivity index (χ1) is 29.4.